The van der Waals surface area contributed by atoms with Crippen molar-refractivity contribution in [2.75, 3.05) is 0 Å². The minimum atomic E-state index is -0.370. The number of benzene rings is 7. The fourth-order valence-corrected chi connectivity index (χ4v) is 10.3. The molecular weight excluding hydrogens is 617 g/mol. The van der Waals surface area contributed by atoms with Gasteiger partial charge in [0.2, 0.25) is 0 Å². The van der Waals surface area contributed by atoms with Gasteiger partial charge in [-0.3, -0.25) is 0 Å². The van der Waals surface area contributed by atoms with E-state index in [4.69, 9.17) is 0 Å². The second-order valence-corrected chi connectivity index (χ2v) is 14.3. The van der Waals surface area contributed by atoms with Gasteiger partial charge < -0.3 is 9.13 Å². The molecule has 51 heavy (non-hydrogen) atoms. The van der Waals surface area contributed by atoms with E-state index in [9.17, 15) is 0 Å². The number of rotatable bonds is 2. The first-order valence-corrected chi connectivity index (χ1v) is 18.1. The molecule has 3 aliphatic rings. The molecule has 0 fully saturated rings. The van der Waals surface area contributed by atoms with Gasteiger partial charge in [-0.05, 0) is 87.8 Å². The highest BCUT2D eigenvalue weighted by atomic mass is 15.0. The quantitative estimate of drug-likeness (QED) is 0.177. The Bertz CT molecular complexity index is 2910. The van der Waals surface area contributed by atoms with Crippen LogP contribution in [-0.2, 0) is 5.41 Å². The van der Waals surface area contributed by atoms with E-state index in [1.807, 2.05) is 0 Å². The molecule has 7 aromatic carbocycles. The van der Waals surface area contributed by atoms with Crippen LogP contribution < -0.4 is 0 Å². The van der Waals surface area contributed by atoms with Crippen LogP contribution in [0.4, 0.5) is 0 Å². The predicted molar refractivity (Wildman–Crippen MR) is 211 cm³/mol. The van der Waals surface area contributed by atoms with Gasteiger partial charge in [0.25, 0.3) is 0 Å². The van der Waals surface area contributed by atoms with Crippen LogP contribution in [0.1, 0.15) is 34.6 Å². The normalized spacial score (nSPS) is 18.4. The Kier molecular flexibility index (Phi) is 5.31. The Morgan fingerprint density at radius 1 is 0.471 bits per heavy atom. The first kappa shape index (κ1) is 27.4. The number of allylic oxidation sites excluding steroid dienone is 4. The maximum atomic E-state index is 2.53. The number of nitrogens with zero attached hydrogens (tertiary/aromatic N) is 2. The van der Waals surface area contributed by atoms with Gasteiger partial charge in [0.1, 0.15) is 0 Å². The van der Waals surface area contributed by atoms with Crippen LogP contribution in [0.15, 0.2) is 182 Å². The van der Waals surface area contributed by atoms with E-state index in [0.717, 1.165) is 6.42 Å². The SMILES string of the molecule is C1=CCC2C(=C1)C1(c3ccccc3-c3cc(-n4c5ccccc5c5ccccc54)ccc31)c1cccc(-n3c4ccccc4c4ccccc43)c12. The molecule has 238 valence electrons. The van der Waals surface area contributed by atoms with E-state index in [-0.39, 0.29) is 11.3 Å². The van der Waals surface area contributed by atoms with Gasteiger partial charge in [0, 0.05) is 33.2 Å². The molecule has 1 spiro atoms. The van der Waals surface area contributed by atoms with Gasteiger partial charge in [-0.1, -0.05) is 133 Å². The lowest BCUT2D eigenvalue weighted by molar-refractivity contribution is 0.707. The lowest BCUT2D eigenvalue weighted by Crippen LogP contribution is -2.27. The molecule has 2 heterocycles. The highest BCUT2D eigenvalue weighted by molar-refractivity contribution is 6.10. The summed E-state index contributed by atoms with van der Waals surface area (Å²) < 4.78 is 4.98. The summed E-state index contributed by atoms with van der Waals surface area (Å²) in [5, 5.41) is 5.17. The van der Waals surface area contributed by atoms with E-state index in [1.54, 1.807) is 0 Å². The second kappa shape index (κ2) is 9.87. The van der Waals surface area contributed by atoms with Crippen molar-refractivity contribution in [3.05, 3.63) is 204 Å². The lowest BCUT2D eigenvalue weighted by Gasteiger charge is -2.32. The zero-order valence-corrected chi connectivity index (χ0v) is 27.9. The summed E-state index contributed by atoms with van der Waals surface area (Å²) in [4.78, 5) is 0. The molecule has 3 aliphatic carbocycles. The number of aromatic nitrogens is 2. The van der Waals surface area contributed by atoms with Crippen molar-refractivity contribution in [3.8, 4) is 22.5 Å². The molecule has 0 saturated carbocycles. The average molecular weight is 649 g/mol. The molecule has 2 unspecified atom stereocenters. The molecule has 0 amide bonds. The van der Waals surface area contributed by atoms with E-state index in [1.165, 1.54) is 93.9 Å². The van der Waals surface area contributed by atoms with Crippen LogP contribution >= 0.6 is 0 Å². The van der Waals surface area contributed by atoms with Crippen molar-refractivity contribution in [1.29, 1.82) is 0 Å². The Labute approximate surface area is 295 Å². The smallest absolute Gasteiger partial charge is 0.0686 e. The summed E-state index contributed by atoms with van der Waals surface area (Å²) in [7, 11) is 0. The minimum absolute atomic E-state index is 0.275. The van der Waals surface area contributed by atoms with Gasteiger partial charge in [-0.25, -0.2) is 0 Å². The van der Waals surface area contributed by atoms with Crippen molar-refractivity contribution < 1.29 is 0 Å². The third-order valence-corrected chi connectivity index (χ3v) is 12.1. The zero-order chi connectivity index (χ0) is 33.3. The van der Waals surface area contributed by atoms with E-state index >= 15 is 0 Å². The van der Waals surface area contributed by atoms with Gasteiger partial charge in [-0.15, -0.1) is 0 Å². The number of para-hydroxylation sites is 4. The van der Waals surface area contributed by atoms with Crippen molar-refractivity contribution in [2.24, 2.45) is 0 Å². The van der Waals surface area contributed by atoms with Crippen molar-refractivity contribution in [3.63, 3.8) is 0 Å². The van der Waals surface area contributed by atoms with Gasteiger partial charge >= 0.3 is 0 Å². The van der Waals surface area contributed by atoms with Crippen LogP contribution in [0, 0.1) is 0 Å². The van der Waals surface area contributed by atoms with Gasteiger partial charge in [-0.2, -0.15) is 0 Å². The fourth-order valence-electron chi connectivity index (χ4n) is 10.3. The Morgan fingerprint density at radius 2 is 1.02 bits per heavy atom. The third kappa shape index (κ3) is 3.33. The summed E-state index contributed by atoms with van der Waals surface area (Å²) in [5.74, 6) is 0.275. The minimum Gasteiger partial charge on any atom is -0.309 e. The van der Waals surface area contributed by atoms with Gasteiger partial charge in [0.05, 0.1) is 33.2 Å². The van der Waals surface area contributed by atoms with Crippen LogP contribution in [0.2, 0.25) is 0 Å². The molecule has 0 aliphatic heterocycles. The monoisotopic (exact) mass is 648 g/mol. The fraction of sp³-hybridized carbons (Fsp3) is 0.0612. The Hall–Kier alpha value is -6.38. The topological polar surface area (TPSA) is 9.86 Å². The summed E-state index contributed by atoms with van der Waals surface area (Å²) in [6.45, 7) is 0. The Balaban J connectivity index is 1.17. The summed E-state index contributed by atoms with van der Waals surface area (Å²) in [6.07, 6.45) is 8.10. The van der Waals surface area contributed by atoms with Gasteiger partial charge in [0.15, 0.2) is 0 Å². The molecule has 0 bridgehead atoms. The van der Waals surface area contributed by atoms with Crippen LogP contribution in [-0.4, -0.2) is 9.13 Å². The standard InChI is InChI=1S/C49H32N2/c1-7-20-39-32(14-1)38-30-31(50-43-23-9-3-15-33(43)34-16-4-10-24-44(34)50)28-29-41(38)49(39)40-21-8-2-19-37(40)48-42(49)22-13-27-47(48)51-45-25-11-5-17-35(45)36-18-6-12-26-46(36)51/h1-18,20-30,37H,19H2. The van der Waals surface area contributed by atoms with Crippen LogP contribution in [0.5, 0.6) is 0 Å². The molecule has 0 saturated heterocycles. The third-order valence-electron chi connectivity index (χ3n) is 12.1. The van der Waals surface area contributed by atoms with Crippen molar-refractivity contribution >= 4 is 43.6 Å². The highest BCUT2D eigenvalue weighted by Crippen LogP contribution is 2.66. The van der Waals surface area contributed by atoms with E-state index in [0.29, 0.717) is 0 Å². The largest absolute Gasteiger partial charge is 0.309 e. The molecule has 2 heteroatoms. The van der Waals surface area contributed by atoms with Crippen molar-refractivity contribution in [2.45, 2.75) is 17.8 Å². The maximum absolute atomic E-state index is 2.53. The first-order valence-electron chi connectivity index (χ1n) is 18.1. The number of fused-ring (bicyclic) bond motifs is 16. The number of hydrogen-bond donors (Lipinski definition) is 0. The predicted octanol–water partition coefficient (Wildman–Crippen LogP) is 12.2. The average Bonchev–Trinajstić information content (AvgIpc) is 3.90. The summed E-state index contributed by atoms with van der Waals surface area (Å²) in [6, 6.07) is 59.0. The molecule has 2 aromatic heterocycles. The van der Waals surface area contributed by atoms with E-state index in [2.05, 4.69) is 185 Å². The summed E-state index contributed by atoms with van der Waals surface area (Å²) in [5.41, 5.74) is 16.9. The molecule has 0 radical (unpaired) electrons. The molecule has 0 N–H and O–H groups in total. The van der Waals surface area contributed by atoms with Crippen LogP contribution in [0.3, 0.4) is 0 Å². The Morgan fingerprint density at radius 3 is 1.69 bits per heavy atom. The molecule has 12 rings (SSSR count). The first-order chi connectivity index (χ1) is 25.3. The molecule has 9 aromatic rings. The molecule has 2 nitrogen and oxygen atoms in total. The second-order valence-electron chi connectivity index (χ2n) is 14.3. The molecule has 2 atom stereocenters. The summed E-state index contributed by atoms with van der Waals surface area (Å²) >= 11 is 0. The van der Waals surface area contributed by atoms with Crippen molar-refractivity contribution in [1.82, 2.24) is 9.13 Å². The number of hydrogen-bond acceptors (Lipinski definition) is 0. The van der Waals surface area contributed by atoms with E-state index < -0.39 is 0 Å². The lowest BCUT2D eigenvalue weighted by atomic mass is 9.69. The van der Waals surface area contributed by atoms with Crippen LogP contribution in [0.25, 0.3) is 66.1 Å². The zero-order valence-electron chi connectivity index (χ0n) is 27.9. The highest BCUT2D eigenvalue weighted by Gasteiger charge is 2.55. The maximum Gasteiger partial charge on any atom is 0.0686 e. The molecular formula is C49H32N2.